The lowest BCUT2D eigenvalue weighted by Gasteiger charge is -2.17. The van der Waals surface area contributed by atoms with Crippen molar-refractivity contribution in [1.82, 2.24) is 15.3 Å². The lowest BCUT2D eigenvalue weighted by molar-refractivity contribution is 0.0962. The number of hydrogen-bond donors (Lipinski definition) is 3. The number of nitrogens with zero attached hydrogens (tertiary/aromatic N) is 2. The predicted molar refractivity (Wildman–Crippen MR) is 129 cm³/mol. The third-order valence-electron chi connectivity index (χ3n) is 5.00. The molecule has 0 spiro atoms. The maximum absolute atomic E-state index is 11.9. The predicted octanol–water partition coefficient (Wildman–Crippen LogP) is 3.30. The number of nitrogens with one attached hydrogen (secondary N) is 2. The molecule has 7 nitrogen and oxygen atoms in total. The number of ether oxygens (including phenoxy) is 1. The standard InChI is InChI=1S/C23H27N5O2.H2S/c1-15(19-9-8-18(23(29)25-2)10-21(19)30-3)13-26-22-11-20(27-14-28-22)17-6-4-16(12-24)5-7-17;/h4-11,14-15H,12-13,24H2,1-3H3,(H,25,29)(H,26,27,28);1H2/t15-;/m1./s1. The number of benzene rings is 2. The lowest BCUT2D eigenvalue weighted by atomic mass is 9.98. The molecule has 0 saturated heterocycles. The van der Waals surface area contributed by atoms with E-state index in [1.165, 1.54) is 0 Å². The molecule has 0 aliphatic heterocycles. The molecule has 8 heteroatoms. The number of amides is 1. The highest BCUT2D eigenvalue weighted by molar-refractivity contribution is 7.59. The van der Waals surface area contributed by atoms with Crippen molar-refractivity contribution in [3.8, 4) is 17.0 Å². The Labute approximate surface area is 189 Å². The van der Waals surface area contributed by atoms with Crippen LogP contribution in [0.1, 0.15) is 34.3 Å². The molecule has 2 aromatic carbocycles. The fourth-order valence-corrected chi connectivity index (χ4v) is 3.19. The molecular weight excluding hydrogens is 410 g/mol. The lowest BCUT2D eigenvalue weighted by Crippen LogP contribution is -2.18. The summed E-state index contributed by atoms with van der Waals surface area (Å²) in [6.07, 6.45) is 1.55. The van der Waals surface area contributed by atoms with Gasteiger partial charge in [0.25, 0.3) is 5.91 Å². The van der Waals surface area contributed by atoms with Crippen LogP contribution in [0.4, 0.5) is 5.82 Å². The summed E-state index contributed by atoms with van der Waals surface area (Å²) >= 11 is 0. The summed E-state index contributed by atoms with van der Waals surface area (Å²) < 4.78 is 5.51. The van der Waals surface area contributed by atoms with E-state index in [0.29, 0.717) is 24.4 Å². The molecule has 1 heterocycles. The van der Waals surface area contributed by atoms with E-state index in [-0.39, 0.29) is 25.3 Å². The average molecular weight is 440 g/mol. The van der Waals surface area contributed by atoms with Crippen LogP contribution in [0.5, 0.6) is 5.75 Å². The Morgan fingerprint density at radius 2 is 1.87 bits per heavy atom. The summed E-state index contributed by atoms with van der Waals surface area (Å²) in [6.45, 7) is 3.26. The van der Waals surface area contributed by atoms with Crippen molar-refractivity contribution in [2.24, 2.45) is 5.73 Å². The molecule has 1 aromatic heterocycles. The van der Waals surface area contributed by atoms with Crippen LogP contribution >= 0.6 is 13.5 Å². The van der Waals surface area contributed by atoms with E-state index < -0.39 is 0 Å². The van der Waals surface area contributed by atoms with E-state index in [0.717, 1.165) is 28.2 Å². The largest absolute Gasteiger partial charge is 0.496 e. The molecule has 1 atom stereocenters. The molecule has 1 amide bonds. The van der Waals surface area contributed by atoms with E-state index in [1.807, 2.05) is 36.4 Å². The molecule has 3 aromatic rings. The molecule has 0 unspecified atom stereocenters. The van der Waals surface area contributed by atoms with Crippen LogP contribution in [0.15, 0.2) is 54.9 Å². The zero-order valence-corrected chi connectivity index (χ0v) is 19.0. The third-order valence-corrected chi connectivity index (χ3v) is 5.00. The number of methoxy groups -OCH3 is 1. The summed E-state index contributed by atoms with van der Waals surface area (Å²) in [6, 6.07) is 15.4. The molecule has 4 N–H and O–H groups in total. The molecule has 0 bridgehead atoms. The van der Waals surface area contributed by atoms with Crippen LogP contribution in [-0.2, 0) is 6.54 Å². The molecule has 0 aliphatic carbocycles. The molecule has 0 radical (unpaired) electrons. The molecule has 0 aliphatic rings. The Bertz CT molecular complexity index is 1010. The Balaban J connectivity index is 0.00000341. The van der Waals surface area contributed by atoms with Gasteiger partial charge in [0.05, 0.1) is 12.8 Å². The minimum absolute atomic E-state index is 0. The molecular formula is C23H29N5O2S. The Morgan fingerprint density at radius 1 is 1.13 bits per heavy atom. The summed E-state index contributed by atoms with van der Waals surface area (Å²) in [5, 5.41) is 6.00. The quantitative estimate of drug-likeness (QED) is 0.498. The number of nitrogens with two attached hydrogens (primary N) is 1. The van der Waals surface area contributed by atoms with E-state index in [2.05, 4.69) is 27.5 Å². The van der Waals surface area contributed by atoms with Gasteiger partial charge in [0, 0.05) is 43.2 Å². The first-order valence-electron chi connectivity index (χ1n) is 9.81. The van der Waals surface area contributed by atoms with Crippen LogP contribution in [0.2, 0.25) is 0 Å². The smallest absolute Gasteiger partial charge is 0.251 e. The van der Waals surface area contributed by atoms with Gasteiger partial charge in [0.15, 0.2) is 0 Å². The number of rotatable bonds is 8. The summed E-state index contributed by atoms with van der Waals surface area (Å²) in [4.78, 5) is 20.6. The summed E-state index contributed by atoms with van der Waals surface area (Å²) in [5.41, 5.74) is 10.2. The van der Waals surface area contributed by atoms with Crippen LogP contribution in [0.3, 0.4) is 0 Å². The summed E-state index contributed by atoms with van der Waals surface area (Å²) in [5.74, 6) is 1.43. The van der Waals surface area contributed by atoms with Crippen molar-refractivity contribution < 1.29 is 9.53 Å². The maximum Gasteiger partial charge on any atom is 0.251 e. The fourth-order valence-electron chi connectivity index (χ4n) is 3.19. The van der Waals surface area contributed by atoms with Crippen LogP contribution in [0.25, 0.3) is 11.3 Å². The highest BCUT2D eigenvalue weighted by Crippen LogP contribution is 2.28. The van der Waals surface area contributed by atoms with Crippen molar-refractivity contribution in [2.45, 2.75) is 19.4 Å². The van der Waals surface area contributed by atoms with Gasteiger partial charge in [-0.2, -0.15) is 13.5 Å². The Kier molecular flexibility index (Phi) is 8.84. The van der Waals surface area contributed by atoms with Gasteiger partial charge in [0.1, 0.15) is 17.9 Å². The van der Waals surface area contributed by atoms with Crippen molar-refractivity contribution >= 4 is 25.2 Å². The first kappa shape index (κ1) is 24.2. The van der Waals surface area contributed by atoms with Gasteiger partial charge >= 0.3 is 0 Å². The second-order valence-electron chi connectivity index (χ2n) is 7.01. The zero-order chi connectivity index (χ0) is 21.5. The van der Waals surface area contributed by atoms with Gasteiger partial charge in [-0.15, -0.1) is 0 Å². The SMILES string of the molecule is CNC(=O)c1ccc([C@H](C)CNc2cc(-c3ccc(CN)cc3)ncn2)c(OC)c1.S. The first-order chi connectivity index (χ1) is 14.5. The van der Waals surface area contributed by atoms with Crippen molar-refractivity contribution in [1.29, 1.82) is 0 Å². The number of carbonyl (C=O) groups is 1. The molecule has 164 valence electrons. The second-order valence-corrected chi connectivity index (χ2v) is 7.01. The fraction of sp³-hybridized carbons (Fsp3) is 0.261. The van der Waals surface area contributed by atoms with E-state index in [1.54, 1.807) is 32.6 Å². The normalized spacial score (nSPS) is 11.2. The van der Waals surface area contributed by atoms with Crippen molar-refractivity contribution in [3.05, 3.63) is 71.5 Å². The minimum atomic E-state index is -0.140. The van der Waals surface area contributed by atoms with Crippen LogP contribution < -0.4 is 21.1 Å². The highest BCUT2D eigenvalue weighted by atomic mass is 32.1. The van der Waals surface area contributed by atoms with Gasteiger partial charge in [-0.1, -0.05) is 37.3 Å². The van der Waals surface area contributed by atoms with Gasteiger partial charge in [-0.05, 0) is 23.3 Å². The second kappa shape index (κ2) is 11.3. The molecule has 0 fully saturated rings. The molecule has 3 rings (SSSR count). The van der Waals surface area contributed by atoms with Gasteiger partial charge in [0.2, 0.25) is 0 Å². The monoisotopic (exact) mass is 439 g/mol. The third kappa shape index (κ3) is 5.96. The van der Waals surface area contributed by atoms with Crippen LogP contribution in [-0.4, -0.2) is 36.6 Å². The average Bonchev–Trinajstić information content (AvgIpc) is 2.81. The first-order valence-corrected chi connectivity index (χ1v) is 9.81. The Hall–Kier alpha value is -3.10. The maximum atomic E-state index is 11.9. The number of hydrogen-bond acceptors (Lipinski definition) is 6. The topological polar surface area (TPSA) is 102 Å². The molecule has 31 heavy (non-hydrogen) atoms. The molecule has 0 saturated carbocycles. The van der Waals surface area contributed by atoms with E-state index >= 15 is 0 Å². The zero-order valence-electron chi connectivity index (χ0n) is 18.0. The van der Waals surface area contributed by atoms with E-state index in [9.17, 15) is 4.79 Å². The Morgan fingerprint density at radius 3 is 2.52 bits per heavy atom. The van der Waals surface area contributed by atoms with Crippen molar-refractivity contribution in [3.63, 3.8) is 0 Å². The number of carbonyl (C=O) groups excluding carboxylic acids is 1. The van der Waals surface area contributed by atoms with Crippen LogP contribution in [0, 0.1) is 0 Å². The minimum Gasteiger partial charge on any atom is -0.496 e. The number of aromatic nitrogens is 2. The summed E-state index contributed by atoms with van der Waals surface area (Å²) in [7, 11) is 3.22. The highest BCUT2D eigenvalue weighted by Gasteiger charge is 2.15. The van der Waals surface area contributed by atoms with Gasteiger partial charge in [-0.25, -0.2) is 9.97 Å². The van der Waals surface area contributed by atoms with Crippen molar-refractivity contribution in [2.75, 3.05) is 26.0 Å². The van der Waals surface area contributed by atoms with E-state index in [4.69, 9.17) is 10.5 Å². The van der Waals surface area contributed by atoms with Gasteiger partial charge < -0.3 is 21.1 Å². The number of anilines is 1. The van der Waals surface area contributed by atoms with Gasteiger partial charge in [-0.3, -0.25) is 4.79 Å².